The largest absolute Gasteiger partial charge is 0.418 e. The van der Waals surface area contributed by atoms with Crippen molar-refractivity contribution >= 4 is 12.4 Å². The van der Waals surface area contributed by atoms with Gasteiger partial charge in [-0.25, -0.2) is 4.68 Å². The molecule has 0 bridgehead atoms. The zero-order chi connectivity index (χ0) is 13.5. The third kappa shape index (κ3) is 2.64. The highest BCUT2D eigenvalue weighted by Gasteiger charge is 2.34. The summed E-state index contributed by atoms with van der Waals surface area (Å²) in [5.74, 6) is 0.242. The number of nitrogens with zero attached hydrogens (tertiary/aromatic N) is 3. The van der Waals surface area contributed by atoms with E-state index in [-0.39, 0.29) is 24.0 Å². The van der Waals surface area contributed by atoms with Crippen molar-refractivity contribution < 1.29 is 13.2 Å². The summed E-state index contributed by atoms with van der Waals surface area (Å²) in [6, 6.07) is 5.35. The summed E-state index contributed by atoms with van der Waals surface area (Å²) in [7, 11) is 0. The maximum absolute atomic E-state index is 12.9. The summed E-state index contributed by atoms with van der Waals surface area (Å²) in [5, 5.41) is 10.8. The van der Waals surface area contributed by atoms with Gasteiger partial charge in [-0.05, 0) is 12.1 Å². The molecule has 0 unspecified atom stereocenters. The van der Waals surface area contributed by atoms with Crippen LogP contribution in [0.25, 0.3) is 5.69 Å². The molecule has 2 heterocycles. The molecule has 1 fully saturated rings. The van der Waals surface area contributed by atoms with Crippen molar-refractivity contribution in [2.45, 2.75) is 12.1 Å². The van der Waals surface area contributed by atoms with Crippen molar-refractivity contribution in [2.75, 3.05) is 13.1 Å². The third-order valence-electron chi connectivity index (χ3n) is 3.17. The Bertz CT molecular complexity index is 592. The summed E-state index contributed by atoms with van der Waals surface area (Å²) in [6.07, 6.45) is -2.84. The fraction of sp³-hybridized carbons (Fsp3) is 0.333. The Morgan fingerprint density at radius 3 is 2.50 bits per heavy atom. The number of aromatic nitrogens is 3. The lowest BCUT2D eigenvalue weighted by atomic mass is 10.0. The number of halogens is 4. The number of benzene rings is 1. The average molecular weight is 305 g/mol. The molecule has 108 valence electrons. The van der Waals surface area contributed by atoms with E-state index in [0.717, 1.165) is 24.8 Å². The van der Waals surface area contributed by atoms with E-state index in [1.165, 1.54) is 16.8 Å². The first-order valence-corrected chi connectivity index (χ1v) is 5.85. The Labute approximate surface area is 119 Å². The molecular formula is C12H12ClF3N4. The minimum absolute atomic E-state index is 0. The van der Waals surface area contributed by atoms with Crippen LogP contribution in [0.3, 0.4) is 0 Å². The first-order chi connectivity index (χ1) is 9.05. The molecule has 0 aliphatic carbocycles. The monoisotopic (exact) mass is 304 g/mol. The van der Waals surface area contributed by atoms with Crippen LogP contribution in [-0.4, -0.2) is 28.1 Å². The van der Waals surface area contributed by atoms with Crippen LogP contribution in [0, 0.1) is 0 Å². The lowest BCUT2D eigenvalue weighted by molar-refractivity contribution is -0.137. The zero-order valence-corrected chi connectivity index (χ0v) is 11.1. The molecule has 8 heteroatoms. The lowest BCUT2D eigenvalue weighted by Gasteiger charge is -2.24. The van der Waals surface area contributed by atoms with Crippen molar-refractivity contribution in [3.05, 3.63) is 41.7 Å². The molecule has 0 radical (unpaired) electrons. The molecule has 1 aromatic heterocycles. The Morgan fingerprint density at radius 1 is 1.20 bits per heavy atom. The molecule has 0 saturated carbocycles. The van der Waals surface area contributed by atoms with Crippen LogP contribution in [-0.2, 0) is 6.18 Å². The summed E-state index contributed by atoms with van der Waals surface area (Å²) in [4.78, 5) is 0. The molecular weight excluding hydrogens is 293 g/mol. The van der Waals surface area contributed by atoms with Crippen LogP contribution in [0.1, 0.15) is 17.2 Å². The van der Waals surface area contributed by atoms with Crippen molar-refractivity contribution in [1.29, 1.82) is 0 Å². The van der Waals surface area contributed by atoms with Gasteiger partial charge in [0.1, 0.15) is 0 Å². The van der Waals surface area contributed by atoms with Crippen molar-refractivity contribution in [3.63, 3.8) is 0 Å². The van der Waals surface area contributed by atoms with Gasteiger partial charge in [-0.2, -0.15) is 13.2 Å². The summed E-state index contributed by atoms with van der Waals surface area (Å²) < 4.78 is 39.9. The van der Waals surface area contributed by atoms with Crippen LogP contribution in [0.15, 0.2) is 30.5 Å². The summed E-state index contributed by atoms with van der Waals surface area (Å²) in [5.41, 5.74) is 0.00921. The predicted octanol–water partition coefficient (Wildman–Crippen LogP) is 2.39. The second-order valence-corrected chi connectivity index (χ2v) is 4.46. The molecule has 0 spiro atoms. The second-order valence-electron chi connectivity index (χ2n) is 4.46. The topological polar surface area (TPSA) is 42.7 Å². The van der Waals surface area contributed by atoms with Gasteiger partial charge in [0.2, 0.25) is 0 Å². The molecule has 0 amide bonds. The maximum atomic E-state index is 12.9. The van der Waals surface area contributed by atoms with Crippen molar-refractivity contribution in [1.82, 2.24) is 20.3 Å². The summed E-state index contributed by atoms with van der Waals surface area (Å²) in [6.45, 7) is 1.58. The highest BCUT2D eigenvalue weighted by Crippen LogP contribution is 2.33. The van der Waals surface area contributed by atoms with Crippen molar-refractivity contribution in [2.24, 2.45) is 0 Å². The minimum Gasteiger partial charge on any atom is -0.315 e. The average Bonchev–Trinajstić information content (AvgIpc) is 2.75. The number of hydrogen-bond donors (Lipinski definition) is 1. The summed E-state index contributed by atoms with van der Waals surface area (Å²) >= 11 is 0. The van der Waals surface area contributed by atoms with Crippen LogP contribution in [0.4, 0.5) is 13.2 Å². The fourth-order valence-electron chi connectivity index (χ4n) is 1.99. The highest BCUT2D eigenvalue weighted by atomic mass is 35.5. The first-order valence-electron chi connectivity index (χ1n) is 5.85. The Morgan fingerprint density at radius 2 is 1.90 bits per heavy atom. The molecule has 1 aromatic carbocycles. The smallest absolute Gasteiger partial charge is 0.315 e. The van der Waals surface area contributed by atoms with E-state index in [0.29, 0.717) is 0 Å². The van der Waals surface area contributed by atoms with E-state index in [2.05, 4.69) is 15.6 Å². The van der Waals surface area contributed by atoms with Gasteiger partial charge < -0.3 is 5.32 Å². The number of alkyl halides is 3. The van der Waals surface area contributed by atoms with Gasteiger partial charge >= 0.3 is 6.18 Å². The second kappa shape index (κ2) is 5.41. The predicted molar refractivity (Wildman–Crippen MR) is 69.2 cm³/mol. The van der Waals surface area contributed by atoms with Crippen molar-refractivity contribution in [3.8, 4) is 5.69 Å². The van der Waals surface area contributed by atoms with Crippen LogP contribution >= 0.6 is 12.4 Å². The molecule has 4 nitrogen and oxygen atoms in total. The van der Waals surface area contributed by atoms with Gasteiger partial charge in [-0.1, -0.05) is 17.3 Å². The SMILES string of the molecule is Cl.FC(F)(F)c1ccccc1-n1cc(C2CNC2)nn1. The van der Waals surface area contributed by atoms with E-state index < -0.39 is 11.7 Å². The number of rotatable bonds is 2. The number of nitrogens with one attached hydrogen (secondary N) is 1. The molecule has 2 aromatic rings. The van der Waals surface area contributed by atoms with E-state index in [9.17, 15) is 13.2 Å². The Balaban J connectivity index is 0.00000147. The molecule has 20 heavy (non-hydrogen) atoms. The van der Waals surface area contributed by atoms with Crippen LogP contribution in [0.5, 0.6) is 0 Å². The van der Waals surface area contributed by atoms with Gasteiger partial charge in [-0.15, -0.1) is 17.5 Å². The maximum Gasteiger partial charge on any atom is 0.418 e. The normalized spacial score (nSPS) is 15.6. The van der Waals surface area contributed by atoms with Gasteiger partial charge in [0.15, 0.2) is 0 Å². The zero-order valence-electron chi connectivity index (χ0n) is 10.3. The van der Waals surface area contributed by atoms with Crippen LogP contribution in [0.2, 0.25) is 0 Å². The molecule has 1 saturated heterocycles. The standard InChI is InChI=1S/C12H11F3N4.ClH/c13-12(14,15)9-3-1-2-4-11(9)19-7-10(17-18-19)8-5-16-6-8;/h1-4,7-8,16H,5-6H2;1H. The van der Waals surface area contributed by atoms with Crippen LogP contribution < -0.4 is 5.32 Å². The molecule has 0 atom stereocenters. The quantitative estimate of drug-likeness (QED) is 0.926. The third-order valence-corrected chi connectivity index (χ3v) is 3.17. The van der Waals surface area contributed by atoms with Gasteiger partial charge in [0.05, 0.1) is 23.1 Å². The van der Waals surface area contributed by atoms with E-state index in [1.807, 2.05) is 0 Å². The minimum atomic E-state index is -4.40. The molecule has 1 aliphatic rings. The fourth-order valence-corrected chi connectivity index (χ4v) is 1.99. The van der Waals surface area contributed by atoms with E-state index >= 15 is 0 Å². The Hall–Kier alpha value is -1.60. The first kappa shape index (κ1) is 14.8. The molecule has 3 rings (SSSR count). The Kier molecular flexibility index (Phi) is 4.01. The van der Waals surface area contributed by atoms with Gasteiger partial charge in [0.25, 0.3) is 0 Å². The number of para-hydroxylation sites is 1. The lowest BCUT2D eigenvalue weighted by Crippen LogP contribution is -2.40. The highest BCUT2D eigenvalue weighted by molar-refractivity contribution is 5.85. The van der Waals surface area contributed by atoms with Gasteiger partial charge in [-0.3, -0.25) is 0 Å². The van der Waals surface area contributed by atoms with E-state index in [1.54, 1.807) is 12.3 Å². The number of hydrogen-bond acceptors (Lipinski definition) is 3. The molecule has 1 N–H and O–H groups in total. The van der Waals surface area contributed by atoms with E-state index in [4.69, 9.17) is 0 Å². The molecule has 1 aliphatic heterocycles. The van der Waals surface area contributed by atoms with Gasteiger partial charge in [0, 0.05) is 19.0 Å².